The van der Waals surface area contributed by atoms with E-state index in [4.69, 9.17) is 51.1 Å². The van der Waals surface area contributed by atoms with Gasteiger partial charge in [0.25, 0.3) is 0 Å². The number of halogens is 4. The van der Waals surface area contributed by atoms with Crippen LogP contribution in [0.3, 0.4) is 0 Å². The zero-order chi connectivity index (χ0) is 16.7. The summed E-state index contributed by atoms with van der Waals surface area (Å²) in [6.45, 7) is 2.27. The van der Waals surface area contributed by atoms with Gasteiger partial charge in [0.15, 0.2) is 0 Å². The van der Waals surface area contributed by atoms with Crippen LogP contribution >= 0.6 is 46.4 Å². The summed E-state index contributed by atoms with van der Waals surface area (Å²) in [5.74, 6) is 0. The normalized spacial score (nSPS) is 10.6. The Morgan fingerprint density at radius 3 is 1.35 bits per heavy atom. The van der Waals surface area contributed by atoms with Crippen LogP contribution in [-0.2, 0) is 4.74 Å². The lowest BCUT2D eigenvalue weighted by Crippen LogP contribution is -2.15. The number of nitrogens with one attached hydrogen (secondary N) is 2. The van der Waals surface area contributed by atoms with E-state index in [0.717, 1.165) is 11.4 Å². The number of rotatable bonds is 8. The van der Waals surface area contributed by atoms with Crippen molar-refractivity contribution in [3.8, 4) is 0 Å². The Bertz CT molecular complexity index is 556. The first kappa shape index (κ1) is 18.5. The molecular weight excluding hydrogens is 378 g/mol. The van der Waals surface area contributed by atoms with Crippen LogP contribution in [0.1, 0.15) is 0 Å². The van der Waals surface area contributed by atoms with Crippen molar-refractivity contribution in [1.29, 1.82) is 0 Å². The van der Waals surface area contributed by atoms with Crippen molar-refractivity contribution in [1.82, 2.24) is 0 Å². The molecule has 7 heteroatoms. The number of para-hydroxylation sites is 2. The SMILES string of the molecule is Clc1cccc(Cl)c1NCCOCCNc1c(Cl)cccc1Cl. The Morgan fingerprint density at radius 2 is 1.00 bits per heavy atom. The Balaban J connectivity index is 1.65. The molecule has 0 atom stereocenters. The molecule has 3 nitrogen and oxygen atoms in total. The number of anilines is 2. The van der Waals surface area contributed by atoms with Crippen LogP contribution in [0.4, 0.5) is 11.4 Å². The van der Waals surface area contributed by atoms with Gasteiger partial charge in [-0.25, -0.2) is 0 Å². The molecule has 0 aliphatic rings. The predicted molar refractivity (Wildman–Crippen MR) is 101 cm³/mol. The lowest BCUT2D eigenvalue weighted by molar-refractivity contribution is 0.154. The second-order valence-electron chi connectivity index (χ2n) is 4.66. The monoisotopic (exact) mass is 392 g/mol. The zero-order valence-corrected chi connectivity index (χ0v) is 15.2. The molecule has 0 radical (unpaired) electrons. The van der Waals surface area contributed by atoms with E-state index >= 15 is 0 Å². The minimum absolute atomic E-state index is 0.527. The van der Waals surface area contributed by atoms with Gasteiger partial charge in [-0.2, -0.15) is 0 Å². The lowest BCUT2D eigenvalue weighted by atomic mass is 10.3. The Labute approximate surface area is 155 Å². The van der Waals surface area contributed by atoms with Crippen molar-refractivity contribution in [2.75, 3.05) is 36.9 Å². The number of ether oxygens (including phenoxy) is 1. The summed E-state index contributed by atoms with van der Waals surface area (Å²) in [6.07, 6.45) is 0. The van der Waals surface area contributed by atoms with E-state index in [1.807, 2.05) is 0 Å². The summed E-state index contributed by atoms with van der Waals surface area (Å²) >= 11 is 24.3. The summed E-state index contributed by atoms with van der Waals surface area (Å²) in [6, 6.07) is 10.7. The van der Waals surface area contributed by atoms with Crippen LogP contribution in [0.5, 0.6) is 0 Å². The summed E-state index contributed by atoms with van der Waals surface area (Å²) in [5.41, 5.74) is 1.45. The standard InChI is InChI=1S/C16H16Cl4N2O/c17-11-3-1-4-12(18)15(11)21-7-9-23-10-8-22-16-13(19)5-2-6-14(16)20/h1-6,21-22H,7-10H2. The third-order valence-corrected chi connectivity index (χ3v) is 4.28. The maximum Gasteiger partial charge on any atom is 0.0719 e. The molecular formula is C16H16Cl4N2O. The fraction of sp³-hybridized carbons (Fsp3) is 0.250. The molecule has 23 heavy (non-hydrogen) atoms. The van der Waals surface area contributed by atoms with Crippen LogP contribution in [0.25, 0.3) is 0 Å². The molecule has 0 aliphatic carbocycles. The van der Waals surface area contributed by atoms with E-state index in [1.165, 1.54) is 0 Å². The van der Waals surface area contributed by atoms with Gasteiger partial charge in [-0.15, -0.1) is 0 Å². The minimum atomic E-state index is 0.527. The van der Waals surface area contributed by atoms with Crippen molar-refractivity contribution in [2.45, 2.75) is 0 Å². The zero-order valence-electron chi connectivity index (χ0n) is 12.2. The van der Waals surface area contributed by atoms with Crippen LogP contribution in [-0.4, -0.2) is 26.3 Å². The minimum Gasteiger partial charge on any atom is -0.380 e. The predicted octanol–water partition coefficient (Wildman–Crippen LogP) is 5.84. The van der Waals surface area contributed by atoms with Gasteiger partial charge in [0.2, 0.25) is 0 Å². The van der Waals surface area contributed by atoms with Gasteiger partial charge in [0.05, 0.1) is 44.7 Å². The summed E-state index contributed by atoms with van der Waals surface area (Å²) in [4.78, 5) is 0. The highest BCUT2D eigenvalue weighted by molar-refractivity contribution is 6.39. The van der Waals surface area contributed by atoms with Crippen molar-refractivity contribution in [3.63, 3.8) is 0 Å². The number of benzene rings is 2. The summed E-state index contributed by atoms with van der Waals surface area (Å²) in [5, 5.41) is 8.67. The molecule has 0 saturated carbocycles. The maximum absolute atomic E-state index is 6.07. The Kier molecular flexibility index (Phi) is 7.60. The topological polar surface area (TPSA) is 33.3 Å². The van der Waals surface area contributed by atoms with E-state index in [1.54, 1.807) is 36.4 Å². The highest BCUT2D eigenvalue weighted by Crippen LogP contribution is 2.30. The molecule has 124 valence electrons. The molecule has 2 aromatic carbocycles. The molecule has 0 bridgehead atoms. The van der Waals surface area contributed by atoms with Crippen molar-refractivity contribution in [3.05, 3.63) is 56.5 Å². The van der Waals surface area contributed by atoms with Gasteiger partial charge < -0.3 is 15.4 Å². The molecule has 2 rings (SSSR count). The second kappa shape index (κ2) is 9.45. The van der Waals surface area contributed by atoms with Gasteiger partial charge in [0.1, 0.15) is 0 Å². The van der Waals surface area contributed by atoms with Crippen molar-refractivity contribution < 1.29 is 4.74 Å². The molecule has 0 unspecified atom stereocenters. The molecule has 0 aliphatic heterocycles. The van der Waals surface area contributed by atoms with E-state index < -0.39 is 0 Å². The summed E-state index contributed by atoms with van der Waals surface area (Å²) < 4.78 is 5.54. The third-order valence-electron chi connectivity index (χ3n) is 3.02. The molecule has 2 aromatic rings. The average molecular weight is 394 g/mol. The van der Waals surface area contributed by atoms with Crippen LogP contribution in [0, 0.1) is 0 Å². The van der Waals surface area contributed by atoms with Gasteiger partial charge in [-0.3, -0.25) is 0 Å². The average Bonchev–Trinajstić information content (AvgIpc) is 2.51. The second-order valence-corrected chi connectivity index (χ2v) is 6.29. The lowest BCUT2D eigenvalue weighted by Gasteiger charge is -2.12. The largest absolute Gasteiger partial charge is 0.380 e. The van der Waals surface area contributed by atoms with Gasteiger partial charge in [-0.1, -0.05) is 58.5 Å². The smallest absolute Gasteiger partial charge is 0.0719 e. The summed E-state index contributed by atoms with van der Waals surface area (Å²) in [7, 11) is 0. The maximum atomic E-state index is 6.07. The molecule has 2 N–H and O–H groups in total. The first-order valence-corrected chi connectivity index (χ1v) is 8.54. The van der Waals surface area contributed by atoms with E-state index in [2.05, 4.69) is 10.6 Å². The fourth-order valence-corrected chi connectivity index (χ4v) is 2.99. The van der Waals surface area contributed by atoms with Gasteiger partial charge in [0, 0.05) is 13.1 Å². The number of hydrogen-bond donors (Lipinski definition) is 2. The van der Waals surface area contributed by atoms with Gasteiger partial charge in [-0.05, 0) is 24.3 Å². The van der Waals surface area contributed by atoms with Crippen molar-refractivity contribution >= 4 is 57.8 Å². The number of hydrogen-bond acceptors (Lipinski definition) is 3. The van der Waals surface area contributed by atoms with Crippen LogP contribution in [0.15, 0.2) is 36.4 Å². The molecule has 0 heterocycles. The van der Waals surface area contributed by atoms with E-state index in [-0.39, 0.29) is 0 Å². The molecule has 0 spiro atoms. The Morgan fingerprint density at radius 1 is 0.652 bits per heavy atom. The van der Waals surface area contributed by atoms with E-state index in [0.29, 0.717) is 46.4 Å². The first-order valence-electron chi connectivity index (χ1n) is 7.03. The highest BCUT2D eigenvalue weighted by Gasteiger charge is 2.05. The third kappa shape index (κ3) is 5.63. The van der Waals surface area contributed by atoms with Crippen molar-refractivity contribution in [2.24, 2.45) is 0 Å². The molecule has 0 saturated heterocycles. The van der Waals surface area contributed by atoms with Gasteiger partial charge >= 0.3 is 0 Å². The molecule has 0 fully saturated rings. The molecule has 0 aromatic heterocycles. The highest BCUT2D eigenvalue weighted by atomic mass is 35.5. The quantitative estimate of drug-likeness (QED) is 0.552. The van der Waals surface area contributed by atoms with E-state index in [9.17, 15) is 0 Å². The molecule has 0 amide bonds. The van der Waals surface area contributed by atoms with Crippen LogP contribution < -0.4 is 10.6 Å². The Hall–Kier alpha value is -0.840. The fourth-order valence-electron chi connectivity index (χ4n) is 1.93. The first-order chi connectivity index (χ1) is 11.1. The van der Waals surface area contributed by atoms with Crippen LogP contribution in [0.2, 0.25) is 20.1 Å².